The van der Waals surface area contributed by atoms with E-state index in [4.69, 9.17) is 5.11 Å². The van der Waals surface area contributed by atoms with E-state index in [9.17, 15) is 9.90 Å². The molecule has 106 valence electrons. The van der Waals surface area contributed by atoms with Gasteiger partial charge in [0.2, 0.25) is 0 Å². The Morgan fingerprint density at radius 2 is 1.79 bits per heavy atom. The Morgan fingerprint density at radius 3 is 2.26 bits per heavy atom. The number of nitrogens with one attached hydrogen (secondary N) is 1. The standard InChI is InChI=1S/C15H23NO3/c1-3-12(4-2)14(18)9-16-15(19)13-7-5-11(10-17)6-8-13/h5-8,12,14,17-18H,3-4,9-10H2,1-2H3,(H,16,19). The number of aliphatic hydroxyl groups is 2. The highest BCUT2D eigenvalue weighted by atomic mass is 16.3. The van der Waals surface area contributed by atoms with Crippen molar-refractivity contribution in [3.8, 4) is 0 Å². The van der Waals surface area contributed by atoms with Crippen LogP contribution in [0.25, 0.3) is 0 Å². The Balaban J connectivity index is 2.50. The average molecular weight is 265 g/mol. The maximum atomic E-state index is 11.9. The fraction of sp³-hybridized carbons (Fsp3) is 0.533. The van der Waals surface area contributed by atoms with Crippen LogP contribution in [-0.2, 0) is 6.61 Å². The third-order valence-electron chi connectivity index (χ3n) is 3.46. The molecule has 0 bridgehead atoms. The van der Waals surface area contributed by atoms with Gasteiger partial charge in [0.25, 0.3) is 5.91 Å². The van der Waals surface area contributed by atoms with Gasteiger partial charge in [-0.25, -0.2) is 0 Å². The SMILES string of the molecule is CCC(CC)C(O)CNC(=O)c1ccc(CO)cc1. The van der Waals surface area contributed by atoms with Crippen molar-refractivity contribution in [1.82, 2.24) is 5.32 Å². The Bertz CT molecular complexity index is 385. The first-order valence-electron chi connectivity index (χ1n) is 6.78. The van der Waals surface area contributed by atoms with Crippen LogP contribution in [0.3, 0.4) is 0 Å². The first-order valence-corrected chi connectivity index (χ1v) is 6.78. The first kappa shape index (κ1) is 15.7. The highest BCUT2D eigenvalue weighted by molar-refractivity contribution is 5.94. The summed E-state index contributed by atoms with van der Waals surface area (Å²) >= 11 is 0. The van der Waals surface area contributed by atoms with E-state index < -0.39 is 6.10 Å². The monoisotopic (exact) mass is 265 g/mol. The van der Waals surface area contributed by atoms with Crippen LogP contribution in [0.15, 0.2) is 24.3 Å². The average Bonchev–Trinajstić information content (AvgIpc) is 2.46. The van der Waals surface area contributed by atoms with E-state index >= 15 is 0 Å². The second kappa shape index (κ2) is 7.92. The van der Waals surface area contributed by atoms with Gasteiger partial charge < -0.3 is 15.5 Å². The van der Waals surface area contributed by atoms with Gasteiger partial charge in [0.05, 0.1) is 12.7 Å². The number of carbonyl (C=O) groups excluding carboxylic acids is 1. The number of benzene rings is 1. The number of carbonyl (C=O) groups is 1. The van der Waals surface area contributed by atoms with Crippen LogP contribution in [0.2, 0.25) is 0 Å². The molecule has 3 N–H and O–H groups in total. The van der Waals surface area contributed by atoms with Gasteiger partial charge in [-0.3, -0.25) is 4.79 Å². The normalized spacial score (nSPS) is 12.5. The van der Waals surface area contributed by atoms with Gasteiger partial charge in [-0.05, 0) is 23.6 Å². The van der Waals surface area contributed by atoms with E-state index in [0.29, 0.717) is 5.56 Å². The number of amides is 1. The predicted molar refractivity (Wildman–Crippen MR) is 74.8 cm³/mol. The van der Waals surface area contributed by atoms with Crippen LogP contribution in [-0.4, -0.2) is 28.8 Å². The minimum Gasteiger partial charge on any atom is -0.392 e. The fourth-order valence-electron chi connectivity index (χ4n) is 2.06. The molecule has 1 rings (SSSR count). The van der Waals surface area contributed by atoms with E-state index in [1.54, 1.807) is 24.3 Å². The van der Waals surface area contributed by atoms with E-state index in [1.807, 2.05) is 13.8 Å². The third kappa shape index (κ3) is 4.65. The van der Waals surface area contributed by atoms with Crippen LogP contribution >= 0.6 is 0 Å². The number of rotatable bonds is 7. The molecule has 0 aromatic heterocycles. The summed E-state index contributed by atoms with van der Waals surface area (Å²) in [5.41, 5.74) is 1.31. The quantitative estimate of drug-likeness (QED) is 0.703. The van der Waals surface area contributed by atoms with Crippen molar-refractivity contribution in [3.05, 3.63) is 35.4 Å². The molecule has 0 saturated heterocycles. The summed E-state index contributed by atoms with van der Waals surface area (Å²) in [6.45, 7) is 4.31. The molecule has 0 spiro atoms. The fourth-order valence-corrected chi connectivity index (χ4v) is 2.06. The summed E-state index contributed by atoms with van der Waals surface area (Å²) in [6.07, 6.45) is 1.30. The van der Waals surface area contributed by atoms with Gasteiger partial charge in [-0.1, -0.05) is 38.8 Å². The predicted octanol–water partition coefficient (Wildman–Crippen LogP) is 1.71. The lowest BCUT2D eigenvalue weighted by Gasteiger charge is -2.20. The molecular weight excluding hydrogens is 242 g/mol. The molecule has 1 unspecified atom stereocenters. The lowest BCUT2D eigenvalue weighted by molar-refractivity contribution is 0.0816. The number of hydrogen-bond donors (Lipinski definition) is 3. The molecule has 0 saturated carbocycles. The molecule has 0 radical (unpaired) electrons. The van der Waals surface area contributed by atoms with E-state index in [1.165, 1.54) is 0 Å². The Labute approximate surface area is 114 Å². The van der Waals surface area contributed by atoms with Crippen molar-refractivity contribution in [2.45, 2.75) is 39.4 Å². The zero-order valence-corrected chi connectivity index (χ0v) is 11.6. The third-order valence-corrected chi connectivity index (χ3v) is 3.46. The maximum absolute atomic E-state index is 11.9. The summed E-state index contributed by atoms with van der Waals surface area (Å²) in [6, 6.07) is 6.77. The Hall–Kier alpha value is -1.39. The minimum atomic E-state index is -0.504. The van der Waals surface area contributed by atoms with Gasteiger partial charge >= 0.3 is 0 Å². The number of hydrogen-bond acceptors (Lipinski definition) is 3. The van der Waals surface area contributed by atoms with Crippen molar-refractivity contribution in [2.24, 2.45) is 5.92 Å². The van der Waals surface area contributed by atoms with Crippen molar-refractivity contribution in [3.63, 3.8) is 0 Å². The first-order chi connectivity index (χ1) is 9.12. The summed E-state index contributed by atoms with van der Waals surface area (Å²) in [5.74, 6) is 0.0200. The van der Waals surface area contributed by atoms with Gasteiger partial charge in [0, 0.05) is 12.1 Å². The highest BCUT2D eigenvalue weighted by Crippen LogP contribution is 2.12. The summed E-state index contributed by atoms with van der Waals surface area (Å²) in [7, 11) is 0. The molecule has 4 nitrogen and oxygen atoms in total. The van der Waals surface area contributed by atoms with E-state index in [-0.39, 0.29) is 25.0 Å². The van der Waals surface area contributed by atoms with Crippen molar-refractivity contribution >= 4 is 5.91 Å². The zero-order chi connectivity index (χ0) is 14.3. The van der Waals surface area contributed by atoms with Gasteiger partial charge in [0.1, 0.15) is 0 Å². The Morgan fingerprint density at radius 1 is 1.21 bits per heavy atom. The molecule has 0 fully saturated rings. The lowest BCUT2D eigenvalue weighted by Crippen LogP contribution is -2.36. The van der Waals surface area contributed by atoms with Crippen LogP contribution in [0.1, 0.15) is 42.6 Å². The van der Waals surface area contributed by atoms with Gasteiger partial charge in [-0.15, -0.1) is 0 Å². The summed E-state index contributed by atoms with van der Waals surface area (Å²) in [4.78, 5) is 11.9. The molecule has 1 aromatic rings. The molecule has 1 amide bonds. The summed E-state index contributed by atoms with van der Waals surface area (Å²) < 4.78 is 0. The van der Waals surface area contributed by atoms with E-state index in [0.717, 1.165) is 18.4 Å². The molecular formula is C15H23NO3. The molecule has 1 aromatic carbocycles. The van der Waals surface area contributed by atoms with E-state index in [2.05, 4.69) is 5.32 Å². The second-order valence-corrected chi connectivity index (χ2v) is 4.71. The van der Waals surface area contributed by atoms with Gasteiger partial charge in [-0.2, -0.15) is 0 Å². The second-order valence-electron chi connectivity index (χ2n) is 4.71. The maximum Gasteiger partial charge on any atom is 0.251 e. The molecule has 19 heavy (non-hydrogen) atoms. The van der Waals surface area contributed by atoms with Crippen LogP contribution in [0.4, 0.5) is 0 Å². The smallest absolute Gasteiger partial charge is 0.251 e. The Kier molecular flexibility index (Phi) is 6.53. The number of aliphatic hydroxyl groups excluding tert-OH is 2. The van der Waals surface area contributed by atoms with Crippen LogP contribution < -0.4 is 5.32 Å². The van der Waals surface area contributed by atoms with Crippen molar-refractivity contribution in [1.29, 1.82) is 0 Å². The molecule has 4 heteroatoms. The molecule has 1 atom stereocenters. The topological polar surface area (TPSA) is 69.6 Å². The van der Waals surface area contributed by atoms with Crippen LogP contribution in [0.5, 0.6) is 0 Å². The summed E-state index contributed by atoms with van der Waals surface area (Å²) in [5, 5.41) is 21.6. The lowest BCUT2D eigenvalue weighted by atomic mass is 9.96. The van der Waals surface area contributed by atoms with Gasteiger partial charge in [0.15, 0.2) is 0 Å². The minimum absolute atomic E-state index is 0.0324. The van der Waals surface area contributed by atoms with Crippen molar-refractivity contribution < 1.29 is 15.0 Å². The van der Waals surface area contributed by atoms with Crippen molar-refractivity contribution in [2.75, 3.05) is 6.54 Å². The molecule has 0 heterocycles. The largest absolute Gasteiger partial charge is 0.392 e. The zero-order valence-electron chi connectivity index (χ0n) is 11.6. The van der Waals surface area contributed by atoms with Crippen LogP contribution in [0, 0.1) is 5.92 Å². The highest BCUT2D eigenvalue weighted by Gasteiger charge is 2.16. The molecule has 0 aliphatic carbocycles. The molecule has 0 aliphatic rings. The molecule has 0 aliphatic heterocycles.